The molecule has 2 amide bonds. The van der Waals surface area contributed by atoms with Gasteiger partial charge in [0.2, 0.25) is 5.91 Å². The van der Waals surface area contributed by atoms with Crippen molar-refractivity contribution in [3.05, 3.63) is 58.8 Å². The van der Waals surface area contributed by atoms with E-state index in [9.17, 15) is 14.0 Å². The molecule has 2 aromatic rings. The van der Waals surface area contributed by atoms with Gasteiger partial charge in [0, 0.05) is 4.47 Å². The lowest BCUT2D eigenvalue weighted by Gasteiger charge is -2.22. The van der Waals surface area contributed by atoms with Crippen molar-refractivity contribution in [3.8, 4) is 5.75 Å². The van der Waals surface area contributed by atoms with Gasteiger partial charge in [-0.1, -0.05) is 48.0 Å². The molecule has 0 aliphatic rings. The number of hydrogen-bond donors (Lipinski definition) is 2. The number of para-hydroxylation sites is 1. The van der Waals surface area contributed by atoms with E-state index in [4.69, 9.17) is 4.74 Å². The largest absolute Gasteiger partial charge is 0.484 e. The second-order valence-electron chi connectivity index (χ2n) is 6.00. The van der Waals surface area contributed by atoms with E-state index in [1.54, 1.807) is 44.2 Å². The Balaban J connectivity index is 1.96. The van der Waals surface area contributed by atoms with Crippen LogP contribution in [0.3, 0.4) is 0 Å². The molecule has 2 aromatic carbocycles. The van der Waals surface area contributed by atoms with E-state index in [0.29, 0.717) is 10.2 Å². The Kier molecular flexibility index (Phi) is 7.15. The predicted octanol–water partition coefficient (Wildman–Crippen LogP) is 3.75. The fourth-order valence-corrected chi connectivity index (χ4v) is 2.55. The lowest BCUT2D eigenvalue weighted by atomic mass is 10.0. The Labute approximate surface area is 160 Å². The summed E-state index contributed by atoms with van der Waals surface area (Å²) in [6.07, 6.45) is 0. The monoisotopic (exact) mass is 422 g/mol. The molecule has 5 nitrogen and oxygen atoms in total. The van der Waals surface area contributed by atoms with Crippen molar-refractivity contribution < 1.29 is 18.7 Å². The molecule has 2 N–H and O–H groups in total. The number of hydrogen-bond acceptors (Lipinski definition) is 3. The third-order valence-corrected chi connectivity index (χ3v) is 4.06. The van der Waals surface area contributed by atoms with Gasteiger partial charge in [-0.15, -0.1) is 0 Å². The maximum absolute atomic E-state index is 13.9. The lowest BCUT2D eigenvalue weighted by molar-refractivity contribution is -0.128. The van der Waals surface area contributed by atoms with Crippen molar-refractivity contribution in [1.82, 2.24) is 5.32 Å². The summed E-state index contributed by atoms with van der Waals surface area (Å²) in [5.74, 6) is -1.11. The lowest BCUT2D eigenvalue weighted by Crippen LogP contribution is -2.48. The number of rotatable bonds is 7. The highest BCUT2D eigenvalue weighted by atomic mass is 79.9. The van der Waals surface area contributed by atoms with Gasteiger partial charge < -0.3 is 15.4 Å². The van der Waals surface area contributed by atoms with E-state index in [2.05, 4.69) is 26.6 Å². The van der Waals surface area contributed by atoms with Gasteiger partial charge in [0.25, 0.3) is 5.91 Å². The number of carbonyl (C=O) groups excluding carboxylic acids is 2. The fourth-order valence-electron chi connectivity index (χ4n) is 2.22. The summed E-state index contributed by atoms with van der Waals surface area (Å²) < 4.78 is 19.8. The van der Waals surface area contributed by atoms with Crippen LogP contribution in [0.1, 0.15) is 13.8 Å². The van der Waals surface area contributed by atoms with Crippen LogP contribution in [0, 0.1) is 11.7 Å². The number of carbonyl (C=O) groups is 2. The molecule has 0 saturated heterocycles. The second kappa shape index (κ2) is 9.33. The van der Waals surface area contributed by atoms with Gasteiger partial charge in [0.1, 0.15) is 17.6 Å². The minimum atomic E-state index is -0.815. The van der Waals surface area contributed by atoms with Crippen molar-refractivity contribution in [2.24, 2.45) is 5.92 Å². The first-order chi connectivity index (χ1) is 12.4. The van der Waals surface area contributed by atoms with E-state index in [-0.39, 0.29) is 18.2 Å². The van der Waals surface area contributed by atoms with Crippen LogP contribution in [0.5, 0.6) is 5.75 Å². The molecular formula is C19H20BrFN2O3. The highest BCUT2D eigenvalue weighted by molar-refractivity contribution is 9.10. The molecule has 0 radical (unpaired) electrons. The minimum Gasteiger partial charge on any atom is -0.484 e. The number of benzene rings is 2. The van der Waals surface area contributed by atoms with Gasteiger partial charge in [-0.2, -0.15) is 0 Å². The Morgan fingerprint density at radius 1 is 1.15 bits per heavy atom. The molecule has 0 saturated carbocycles. The molecule has 0 aliphatic heterocycles. The normalized spacial score (nSPS) is 11.7. The zero-order chi connectivity index (χ0) is 19.1. The third kappa shape index (κ3) is 5.84. The standard InChI is InChI=1S/C19H20BrFN2O3/c1-12(2)18(19(25)22-16-9-8-13(20)10-15(16)21)23-17(24)11-26-14-6-4-3-5-7-14/h3-10,12,18H,11H2,1-2H3,(H,22,25)(H,23,24). The quantitative estimate of drug-likeness (QED) is 0.713. The summed E-state index contributed by atoms with van der Waals surface area (Å²) in [6, 6.07) is 12.4. The smallest absolute Gasteiger partial charge is 0.258 e. The molecule has 1 atom stereocenters. The van der Waals surface area contributed by atoms with Gasteiger partial charge in [0.05, 0.1) is 5.69 Å². The van der Waals surface area contributed by atoms with Crippen molar-refractivity contribution in [1.29, 1.82) is 0 Å². The molecular weight excluding hydrogens is 403 g/mol. The Morgan fingerprint density at radius 3 is 2.46 bits per heavy atom. The number of nitrogens with one attached hydrogen (secondary N) is 2. The molecule has 1 unspecified atom stereocenters. The highest BCUT2D eigenvalue weighted by Crippen LogP contribution is 2.20. The predicted molar refractivity (Wildman–Crippen MR) is 101 cm³/mol. The van der Waals surface area contributed by atoms with Crippen LogP contribution >= 0.6 is 15.9 Å². The van der Waals surface area contributed by atoms with E-state index >= 15 is 0 Å². The average molecular weight is 423 g/mol. The summed E-state index contributed by atoms with van der Waals surface area (Å²) >= 11 is 3.16. The summed E-state index contributed by atoms with van der Waals surface area (Å²) in [7, 11) is 0. The molecule has 0 bridgehead atoms. The van der Waals surface area contributed by atoms with Crippen LogP contribution in [-0.4, -0.2) is 24.5 Å². The molecule has 0 aromatic heterocycles. The van der Waals surface area contributed by atoms with E-state index < -0.39 is 23.7 Å². The van der Waals surface area contributed by atoms with E-state index in [0.717, 1.165) is 0 Å². The molecule has 0 heterocycles. The molecule has 2 rings (SSSR count). The summed E-state index contributed by atoms with van der Waals surface area (Å²) in [6.45, 7) is 3.37. The zero-order valence-electron chi connectivity index (χ0n) is 14.5. The summed E-state index contributed by atoms with van der Waals surface area (Å²) in [5.41, 5.74) is 0.0543. The molecule has 0 spiro atoms. The van der Waals surface area contributed by atoms with Crippen molar-refractivity contribution in [3.63, 3.8) is 0 Å². The Hall–Kier alpha value is -2.41. The first-order valence-electron chi connectivity index (χ1n) is 8.10. The van der Waals surface area contributed by atoms with Crippen molar-refractivity contribution >= 4 is 33.4 Å². The summed E-state index contributed by atoms with van der Waals surface area (Å²) in [4.78, 5) is 24.6. The SMILES string of the molecule is CC(C)C(NC(=O)COc1ccccc1)C(=O)Nc1ccc(Br)cc1F. The van der Waals surface area contributed by atoms with Crippen molar-refractivity contribution in [2.75, 3.05) is 11.9 Å². The molecule has 0 aliphatic carbocycles. The van der Waals surface area contributed by atoms with Crippen molar-refractivity contribution in [2.45, 2.75) is 19.9 Å². The van der Waals surface area contributed by atoms with Crippen LogP contribution in [0.2, 0.25) is 0 Å². The van der Waals surface area contributed by atoms with Gasteiger partial charge in [-0.3, -0.25) is 9.59 Å². The fraction of sp³-hybridized carbons (Fsp3) is 0.263. The molecule has 0 fully saturated rings. The topological polar surface area (TPSA) is 67.4 Å². The third-order valence-electron chi connectivity index (χ3n) is 3.57. The highest BCUT2D eigenvalue weighted by Gasteiger charge is 2.25. The average Bonchev–Trinajstić information content (AvgIpc) is 2.60. The number of amides is 2. The number of halogens is 2. The minimum absolute atomic E-state index is 0.0543. The first-order valence-corrected chi connectivity index (χ1v) is 8.89. The number of anilines is 1. The van der Waals surface area contributed by atoms with Gasteiger partial charge in [0.15, 0.2) is 6.61 Å². The van der Waals surface area contributed by atoms with Crippen LogP contribution < -0.4 is 15.4 Å². The summed E-state index contributed by atoms with van der Waals surface area (Å²) in [5, 5.41) is 5.14. The second-order valence-corrected chi connectivity index (χ2v) is 6.92. The van der Waals surface area contributed by atoms with Gasteiger partial charge >= 0.3 is 0 Å². The maximum atomic E-state index is 13.9. The van der Waals surface area contributed by atoms with Crippen LogP contribution in [0.25, 0.3) is 0 Å². The van der Waals surface area contributed by atoms with Gasteiger partial charge in [-0.05, 0) is 36.2 Å². The van der Waals surface area contributed by atoms with E-state index in [1.807, 2.05) is 6.07 Å². The Morgan fingerprint density at radius 2 is 1.85 bits per heavy atom. The van der Waals surface area contributed by atoms with Crippen LogP contribution in [0.15, 0.2) is 53.0 Å². The molecule has 26 heavy (non-hydrogen) atoms. The zero-order valence-corrected chi connectivity index (χ0v) is 16.0. The maximum Gasteiger partial charge on any atom is 0.258 e. The molecule has 7 heteroatoms. The van der Waals surface area contributed by atoms with E-state index in [1.165, 1.54) is 12.1 Å². The van der Waals surface area contributed by atoms with Gasteiger partial charge in [-0.25, -0.2) is 4.39 Å². The van der Waals surface area contributed by atoms with Crippen LogP contribution in [-0.2, 0) is 9.59 Å². The Bertz CT molecular complexity index is 769. The molecule has 138 valence electrons. The first kappa shape index (κ1) is 19.9. The number of ether oxygens (including phenoxy) is 1. The van der Waals surface area contributed by atoms with Crippen LogP contribution in [0.4, 0.5) is 10.1 Å².